The summed E-state index contributed by atoms with van der Waals surface area (Å²) in [6.07, 6.45) is 1.38. The molecule has 0 spiro atoms. The number of hydrogen-bond acceptors (Lipinski definition) is 5. The number of hydrogen-bond donors (Lipinski definition) is 2. The number of nitrogens with zero attached hydrogens (tertiary/aromatic N) is 2. The van der Waals surface area contributed by atoms with E-state index in [9.17, 15) is 14.4 Å². The van der Waals surface area contributed by atoms with Crippen LogP contribution in [0, 0.1) is 11.3 Å². The van der Waals surface area contributed by atoms with Crippen molar-refractivity contribution in [3.05, 3.63) is 59.5 Å². The summed E-state index contributed by atoms with van der Waals surface area (Å²) in [7, 11) is 0. The fourth-order valence-electron chi connectivity index (χ4n) is 2.37. The Hall–Kier alpha value is -3.60. The van der Waals surface area contributed by atoms with Crippen LogP contribution in [0.4, 0.5) is 4.79 Å². The molecule has 0 bridgehead atoms. The number of furan rings is 1. The largest absolute Gasteiger partial charge is 0.466 e. The fraction of sp³-hybridized carbons (Fsp3) is 0.125. The van der Waals surface area contributed by atoms with Gasteiger partial charge in [-0.2, -0.15) is 10.3 Å². The molecule has 1 saturated heterocycles. The number of rotatable bonds is 3. The predicted octanol–water partition coefficient (Wildman–Crippen LogP) is 1.26. The molecule has 4 amide bonds. The summed E-state index contributed by atoms with van der Waals surface area (Å²) in [5.74, 6) is -1.10. The number of urea groups is 1. The highest BCUT2D eigenvalue weighted by atomic mass is 16.3. The Labute approximate surface area is 136 Å². The van der Waals surface area contributed by atoms with E-state index in [2.05, 4.69) is 10.7 Å². The van der Waals surface area contributed by atoms with Gasteiger partial charge in [-0.15, -0.1) is 0 Å². The van der Waals surface area contributed by atoms with E-state index in [0.717, 1.165) is 0 Å². The third-order valence-electron chi connectivity index (χ3n) is 3.67. The van der Waals surface area contributed by atoms with Crippen LogP contribution in [0.2, 0.25) is 0 Å². The van der Waals surface area contributed by atoms with Gasteiger partial charge in [0.25, 0.3) is 11.8 Å². The fourth-order valence-corrected chi connectivity index (χ4v) is 2.37. The molecule has 0 unspecified atom stereocenters. The minimum absolute atomic E-state index is 0.154. The first kappa shape index (κ1) is 15.3. The molecule has 2 aromatic rings. The van der Waals surface area contributed by atoms with Crippen LogP contribution in [0.25, 0.3) is 0 Å². The van der Waals surface area contributed by atoms with Crippen LogP contribution in [0.5, 0.6) is 0 Å². The molecular weight excluding hydrogens is 312 g/mol. The number of imide groups is 1. The highest BCUT2D eigenvalue weighted by Gasteiger charge is 2.52. The number of carbonyl (C=O) groups is 3. The molecule has 1 aliphatic rings. The van der Waals surface area contributed by atoms with Gasteiger partial charge in [-0.1, -0.05) is 6.07 Å². The highest BCUT2D eigenvalue weighted by molar-refractivity contribution is 6.09. The van der Waals surface area contributed by atoms with E-state index in [1.807, 2.05) is 6.07 Å². The summed E-state index contributed by atoms with van der Waals surface area (Å²) in [6, 6.07) is 10.2. The maximum atomic E-state index is 12.5. The first-order chi connectivity index (χ1) is 11.5. The van der Waals surface area contributed by atoms with Gasteiger partial charge in [0.2, 0.25) is 0 Å². The second-order valence-corrected chi connectivity index (χ2v) is 5.31. The van der Waals surface area contributed by atoms with Crippen molar-refractivity contribution in [2.24, 2.45) is 0 Å². The first-order valence-electron chi connectivity index (χ1n) is 6.97. The zero-order valence-corrected chi connectivity index (χ0v) is 12.6. The molecule has 8 heteroatoms. The van der Waals surface area contributed by atoms with Gasteiger partial charge in [0.1, 0.15) is 5.76 Å². The average molecular weight is 324 g/mol. The molecule has 1 fully saturated rings. The van der Waals surface area contributed by atoms with Crippen LogP contribution in [0.3, 0.4) is 0 Å². The SMILES string of the molecule is C[C@@]1(c2ccco2)NC(=O)N(NC(=O)c2cccc(C#N)c2)C1=O. The number of amides is 4. The lowest BCUT2D eigenvalue weighted by Gasteiger charge is -2.19. The van der Waals surface area contributed by atoms with Gasteiger partial charge in [-0.3, -0.25) is 15.0 Å². The Morgan fingerprint density at radius 2 is 2.12 bits per heavy atom. The maximum Gasteiger partial charge on any atom is 0.344 e. The van der Waals surface area contributed by atoms with Gasteiger partial charge in [-0.25, -0.2) is 4.79 Å². The van der Waals surface area contributed by atoms with E-state index < -0.39 is 23.4 Å². The van der Waals surface area contributed by atoms with Crippen LogP contribution in [0.1, 0.15) is 28.6 Å². The van der Waals surface area contributed by atoms with E-state index in [0.29, 0.717) is 10.6 Å². The summed E-state index contributed by atoms with van der Waals surface area (Å²) in [5.41, 5.74) is 1.29. The molecule has 8 nitrogen and oxygen atoms in total. The van der Waals surface area contributed by atoms with Crippen LogP contribution in [-0.4, -0.2) is 22.9 Å². The second-order valence-electron chi connectivity index (χ2n) is 5.31. The molecule has 24 heavy (non-hydrogen) atoms. The van der Waals surface area contributed by atoms with Crippen LogP contribution in [-0.2, 0) is 10.3 Å². The summed E-state index contributed by atoms with van der Waals surface area (Å²) in [5, 5.41) is 12.0. The number of carbonyl (C=O) groups excluding carboxylic acids is 3. The molecule has 1 aliphatic heterocycles. The standard InChI is InChI=1S/C16H12N4O4/c1-16(12-6-3-7-24-12)14(22)20(15(23)18-16)19-13(21)11-5-2-4-10(8-11)9-17/h2-8H,1H3,(H,18,23)(H,19,21)/t16-/m0/s1. The normalized spacial score (nSPS) is 19.8. The zero-order chi connectivity index (χ0) is 17.3. The number of nitrogens with one attached hydrogen (secondary N) is 2. The van der Waals surface area contributed by atoms with E-state index in [-0.39, 0.29) is 11.3 Å². The summed E-state index contributed by atoms with van der Waals surface area (Å²) >= 11 is 0. The molecule has 0 aliphatic carbocycles. The molecule has 0 radical (unpaired) electrons. The van der Waals surface area contributed by atoms with Crippen LogP contribution >= 0.6 is 0 Å². The molecule has 1 atom stereocenters. The molecule has 0 saturated carbocycles. The van der Waals surface area contributed by atoms with Crippen LogP contribution in [0.15, 0.2) is 47.1 Å². The zero-order valence-electron chi connectivity index (χ0n) is 12.6. The van der Waals surface area contributed by atoms with E-state index >= 15 is 0 Å². The third kappa shape index (κ3) is 2.38. The van der Waals surface area contributed by atoms with Crippen molar-refractivity contribution >= 4 is 17.8 Å². The maximum absolute atomic E-state index is 12.5. The number of nitriles is 1. The van der Waals surface area contributed by atoms with Gasteiger partial charge >= 0.3 is 6.03 Å². The minimum Gasteiger partial charge on any atom is -0.466 e. The second kappa shape index (κ2) is 5.55. The van der Waals surface area contributed by atoms with E-state index in [4.69, 9.17) is 9.68 Å². The van der Waals surface area contributed by atoms with Crippen molar-refractivity contribution in [3.63, 3.8) is 0 Å². The van der Waals surface area contributed by atoms with Gasteiger partial charge in [0, 0.05) is 5.56 Å². The lowest BCUT2D eigenvalue weighted by Crippen LogP contribution is -2.47. The molecule has 2 N–H and O–H groups in total. The lowest BCUT2D eigenvalue weighted by atomic mass is 10.00. The average Bonchev–Trinajstić information content (AvgIpc) is 3.19. The van der Waals surface area contributed by atoms with E-state index in [1.165, 1.54) is 31.4 Å². The Morgan fingerprint density at radius 1 is 1.33 bits per heavy atom. The Morgan fingerprint density at radius 3 is 2.79 bits per heavy atom. The van der Waals surface area contributed by atoms with Gasteiger partial charge in [0.15, 0.2) is 5.54 Å². The van der Waals surface area contributed by atoms with Gasteiger partial charge < -0.3 is 9.73 Å². The van der Waals surface area contributed by atoms with Crippen molar-refractivity contribution in [2.45, 2.75) is 12.5 Å². The topological polar surface area (TPSA) is 115 Å². The summed E-state index contributed by atoms with van der Waals surface area (Å²) < 4.78 is 5.20. The lowest BCUT2D eigenvalue weighted by molar-refractivity contribution is -0.133. The molecule has 120 valence electrons. The van der Waals surface area contributed by atoms with Crippen molar-refractivity contribution in [2.75, 3.05) is 0 Å². The van der Waals surface area contributed by atoms with Crippen molar-refractivity contribution in [1.29, 1.82) is 5.26 Å². The Bertz CT molecular complexity index is 868. The summed E-state index contributed by atoms with van der Waals surface area (Å²) in [4.78, 5) is 36.9. The van der Waals surface area contributed by atoms with Crippen LogP contribution < -0.4 is 10.7 Å². The molecule has 2 heterocycles. The molecular formula is C16H12N4O4. The van der Waals surface area contributed by atoms with E-state index in [1.54, 1.807) is 18.2 Å². The minimum atomic E-state index is -1.40. The van der Waals surface area contributed by atoms with Crippen molar-refractivity contribution in [3.8, 4) is 6.07 Å². The number of hydrazine groups is 1. The predicted molar refractivity (Wildman–Crippen MR) is 80.1 cm³/mol. The summed E-state index contributed by atoms with van der Waals surface area (Å²) in [6.45, 7) is 1.48. The van der Waals surface area contributed by atoms with Crippen molar-refractivity contribution in [1.82, 2.24) is 15.8 Å². The third-order valence-corrected chi connectivity index (χ3v) is 3.67. The van der Waals surface area contributed by atoms with Gasteiger partial charge in [0.05, 0.1) is 17.9 Å². The molecule has 1 aromatic carbocycles. The Kier molecular flexibility index (Phi) is 3.54. The first-order valence-corrected chi connectivity index (χ1v) is 6.97. The quantitative estimate of drug-likeness (QED) is 0.825. The van der Waals surface area contributed by atoms with Gasteiger partial charge in [-0.05, 0) is 37.3 Å². The Balaban J connectivity index is 1.83. The monoisotopic (exact) mass is 324 g/mol. The number of benzene rings is 1. The molecule has 3 rings (SSSR count). The molecule has 1 aromatic heterocycles. The smallest absolute Gasteiger partial charge is 0.344 e. The van der Waals surface area contributed by atoms with Crippen molar-refractivity contribution < 1.29 is 18.8 Å². The highest BCUT2D eigenvalue weighted by Crippen LogP contribution is 2.28.